The van der Waals surface area contributed by atoms with E-state index in [1.54, 1.807) is 6.07 Å². The summed E-state index contributed by atoms with van der Waals surface area (Å²) in [5, 5.41) is 11.8. The van der Waals surface area contributed by atoms with E-state index in [4.69, 9.17) is 0 Å². The molecule has 2 N–H and O–H groups in total. The van der Waals surface area contributed by atoms with Gasteiger partial charge >= 0.3 is 5.97 Å². The van der Waals surface area contributed by atoms with Gasteiger partial charge in [-0.15, -0.1) is 0 Å². The molecule has 0 heterocycles. The van der Waals surface area contributed by atoms with Gasteiger partial charge in [0.1, 0.15) is 0 Å². The molecule has 8 heteroatoms. The summed E-state index contributed by atoms with van der Waals surface area (Å²) in [6.07, 6.45) is 0. The number of hydrogen-bond acceptors (Lipinski definition) is 4. The highest BCUT2D eigenvalue weighted by atomic mass is 32.2. The Morgan fingerprint density at radius 2 is 1.43 bits per heavy atom. The summed E-state index contributed by atoms with van der Waals surface area (Å²) in [7, 11) is -2.21. The largest absolute Gasteiger partial charge is 0.478 e. The van der Waals surface area contributed by atoms with Crippen LogP contribution in [0, 0.1) is 0 Å². The second kappa shape index (κ2) is 8.89. The van der Waals surface area contributed by atoms with Crippen LogP contribution in [-0.4, -0.2) is 36.8 Å². The van der Waals surface area contributed by atoms with E-state index in [-0.39, 0.29) is 22.6 Å². The monoisotopic (exact) mass is 424 g/mol. The molecule has 3 rings (SSSR count). The molecule has 0 aliphatic carbocycles. The first-order valence-corrected chi connectivity index (χ1v) is 10.5. The number of hydrogen-bond donors (Lipinski definition) is 2. The van der Waals surface area contributed by atoms with Crippen LogP contribution in [0.25, 0.3) is 0 Å². The first-order valence-electron chi connectivity index (χ1n) is 9.03. The summed E-state index contributed by atoms with van der Waals surface area (Å²) in [6, 6.07) is 20.8. The Labute approximate surface area is 174 Å². The van der Waals surface area contributed by atoms with Crippen molar-refractivity contribution < 1.29 is 23.1 Å². The smallest absolute Gasteiger partial charge is 0.336 e. The first-order chi connectivity index (χ1) is 14.3. The maximum atomic E-state index is 12.8. The van der Waals surface area contributed by atoms with E-state index in [2.05, 4.69) is 5.32 Å². The molecule has 3 aromatic carbocycles. The van der Waals surface area contributed by atoms with Crippen molar-refractivity contribution in [2.75, 3.05) is 12.4 Å². The summed E-state index contributed by atoms with van der Waals surface area (Å²) in [4.78, 5) is 23.8. The van der Waals surface area contributed by atoms with Gasteiger partial charge in [0.05, 0.1) is 16.0 Å². The van der Waals surface area contributed by atoms with Crippen molar-refractivity contribution in [3.05, 3.63) is 95.6 Å². The van der Waals surface area contributed by atoms with Gasteiger partial charge in [-0.2, -0.15) is 4.31 Å². The molecule has 0 aliphatic heterocycles. The molecule has 0 aliphatic rings. The van der Waals surface area contributed by atoms with Gasteiger partial charge < -0.3 is 10.4 Å². The Morgan fingerprint density at radius 3 is 2.03 bits per heavy atom. The molecule has 0 radical (unpaired) electrons. The molecular formula is C22H20N2O5S. The number of carboxylic acids is 1. The minimum absolute atomic E-state index is 0.0179. The molecule has 0 aromatic heterocycles. The van der Waals surface area contributed by atoms with Crippen molar-refractivity contribution in [3.8, 4) is 0 Å². The van der Waals surface area contributed by atoms with Gasteiger partial charge in [0.15, 0.2) is 0 Å². The Morgan fingerprint density at radius 1 is 0.867 bits per heavy atom. The number of benzene rings is 3. The fraction of sp³-hybridized carbons (Fsp3) is 0.0909. The zero-order valence-electron chi connectivity index (χ0n) is 16.1. The molecule has 3 aromatic rings. The number of carbonyl (C=O) groups is 2. The third-order valence-corrected chi connectivity index (χ3v) is 6.29. The van der Waals surface area contributed by atoms with Crippen LogP contribution in [0.15, 0.2) is 83.8 Å². The third kappa shape index (κ3) is 4.73. The van der Waals surface area contributed by atoms with Gasteiger partial charge in [0, 0.05) is 19.3 Å². The summed E-state index contributed by atoms with van der Waals surface area (Å²) in [5.41, 5.74) is 1.12. The summed E-state index contributed by atoms with van der Waals surface area (Å²) in [5.74, 6) is -1.80. The van der Waals surface area contributed by atoms with Crippen molar-refractivity contribution in [2.24, 2.45) is 0 Å². The lowest BCUT2D eigenvalue weighted by molar-refractivity contribution is 0.0692. The van der Waals surface area contributed by atoms with Crippen LogP contribution < -0.4 is 5.32 Å². The summed E-state index contributed by atoms with van der Waals surface area (Å²) in [6.45, 7) is 0.230. The van der Waals surface area contributed by atoms with E-state index < -0.39 is 21.9 Å². The number of carbonyl (C=O) groups excluding carboxylic acids is 1. The number of sulfonamides is 1. The van der Waals surface area contributed by atoms with Crippen molar-refractivity contribution in [1.29, 1.82) is 0 Å². The van der Waals surface area contributed by atoms with Crippen molar-refractivity contribution in [2.45, 2.75) is 11.4 Å². The van der Waals surface area contributed by atoms with Gasteiger partial charge in [0.2, 0.25) is 10.0 Å². The standard InChI is InChI=1S/C22H20N2O5S/c1-24(15-16-7-3-2-4-8-16)30(28,29)18-13-11-17(12-14-18)23-21(25)19-9-5-6-10-20(19)22(26)27/h2-14H,15H2,1H3,(H,23,25)(H,26,27). The van der Waals surface area contributed by atoms with E-state index in [1.807, 2.05) is 30.3 Å². The molecule has 1 amide bonds. The van der Waals surface area contributed by atoms with Crippen molar-refractivity contribution in [1.82, 2.24) is 4.31 Å². The van der Waals surface area contributed by atoms with Gasteiger partial charge in [-0.05, 0) is 42.0 Å². The molecule has 154 valence electrons. The number of nitrogens with one attached hydrogen (secondary N) is 1. The fourth-order valence-electron chi connectivity index (χ4n) is 2.88. The predicted octanol–water partition coefficient (Wildman–Crippen LogP) is 3.46. The number of nitrogens with zero attached hydrogens (tertiary/aromatic N) is 1. The highest BCUT2D eigenvalue weighted by molar-refractivity contribution is 7.89. The Balaban J connectivity index is 1.74. The SMILES string of the molecule is CN(Cc1ccccc1)S(=O)(=O)c1ccc(NC(=O)c2ccccc2C(=O)O)cc1. The second-order valence-corrected chi connectivity index (χ2v) is 8.62. The third-order valence-electron chi connectivity index (χ3n) is 4.47. The Kier molecular flexibility index (Phi) is 6.29. The molecule has 30 heavy (non-hydrogen) atoms. The molecule has 0 unspecified atom stereocenters. The van der Waals surface area contributed by atoms with E-state index in [1.165, 1.54) is 53.8 Å². The summed E-state index contributed by atoms with van der Waals surface area (Å²) >= 11 is 0. The van der Waals surface area contributed by atoms with Crippen LogP contribution in [0.1, 0.15) is 26.3 Å². The van der Waals surface area contributed by atoms with Crippen LogP contribution in [0.3, 0.4) is 0 Å². The van der Waals surface area contributed by atoms with Gasteiger partial charge in [-0.1, -0.05) is 42.5 Å². The number of anilines is 1. The average molecular weight is 424 g/mol. The van der Waals surface area contributed by atoms with E-state index >= 15 is 0 Å². The van der Waals surface area contributed by atoms with Crippen LogP contribution >= 0.6 is 0 Å². The van der Waals surface area contributed by atoms with E-state index in [0.717, 1.165) is 5.56 Å². The second-order valence-electron chi connectivity index (χ2n) is 6.58. The summed E-state index contributed by atoms with van der Waals surface area (Å²) < 4.78 is 26.8. The zero-order chi connectivity index (χ0) is 21.7. The van der Waals surface area contributed by atoms with Crippen LogP contribution in [0.4, 0.5) is 5.69 Å². The molecule has 0 saturated heterocycles. The molecule has 0 bridgehead atoms. The van der Waals surface area contributed by atoms with Crippen LogP contribution in [0.2, 0.25) is 0 Å². The van der Waals surface area contributed by atoms with Crippen molar-refractivity contribution >= 4 is 27.6 Å². The Hall–Kier alpha value is -3.49. The topological polar surface area (TPSA) is 104 Å². The lowest BCUT2D eigenvalue weighted by Gasteiger charge is -2.17. The highest BCUT2D eigenvalue weighted by Gasteiger charge is 2.21. The van der Waals surface area contributed by atoms with Crippen LogP contribution in [0.5, 0.6) is 0 Å². The Bertz CT molecular complexity index is 1160. The highest BCUT2D eigenvalue weighted by Crippen LogP contribution is 2.20. The fourth-order valence-corrected chi connectivity index (χ4v) is 4.04. The molecule has 0 spiro atoms. The number of rotatable bonds is 7. The van der Waals surface area contributed by atoms with E-state index in [0.29, 0.717) is 5.69 Å². The molecular weight excluding hydrogens is 404 g/mol. The zero-order valence-corrected chi connectivity index (χ0v) is 17.0. The average Bonchev–Trinajstić information content (AvgIpc) is 2.74. The first kappa shape index (κ1) is 21.2. The minimum Gasteiger partial charge on any atom is -0.478 e. The van der Waals surface area contributed by atoms with Gasteiger partial charge in [0.25, 0.3) is 5.91 Å². The van der Waals surface area contributed by atoms with Crippen LogP contribution in [-0.2, 0) is 16.6 Å². The molecule has 0 saturated carbocycles. The maximum absolute atomic E-state index is 12.8. The molecule has 0 atom stereocenters. The van der Waals surface area contributed by atoms with Gasteiger partial charge in [-0.3, -0.25) is 4.79 Å². The predicted molar refractivity (Wildman–Crippen MR) is 113 cm³/mol. The van der Waals surface area contributed by atoms with Crippen molar-refractivity contribution in [3.63, 3.8) is 0 Å². The minimum atomic E-state index is -3.71. The molecule has 7 nitrogen and oxygen atoms in total. The quantitative estimate of drug-likeness (QED) is 0.605. The molecule has 0 fully saturated rings. The normalized spacial score (nSPS) is 11.3. The number of carboxylic acid groups (broad SMARTS) is 1. The number of aromatic carboxylic acids is 1. The lowest BCUT2D eigenvalue weighted by Crippen LogP contribution is -2.26. The maximum Gasteiger partial charge on any atom is 0.336 e. The van der Waals surface area contributed by atoms with E-state index in [9.17, 15) is 23.1 Å². The lowest BCUT2D eigenvalue weighted by atomic mass is 10.1. The number of amides is 1. The van der Waals surface area contributed by atoms with Gasteiger partial charge in [-0.25, -0.2) is 13.2 Å².